The first-order valence-electron chi connectivity index (χ1n) is 4.84. The van der Waals surface area contributed by atoms with Crippen LogP contribution >= 0.6 is 23.2 Å². The molecule has 1 rings (SSSR count). The number of carboxylic acid groups (broad SMARTS) is 1. The number of halogens is 2. The Morgan fingerprint density at radius 3 is 2.47 bits per heavy atom. The van der Waals surface area contributed by atoms with E-state index in [0.717, 1.165) is 0 Å². The molecule has 0 aromatic heterocycles. The van der Waals surface area contributed by atoms with Crippen molar-refractivity contribution in [3.05, 3.63) is 33.8 Å². The van der Waals surface area contributed by atoms with Gasteiger partial charge in [0.1, 0.15) is 6.04 Å². The van der Waals surface area contributed by atoms with Crippen molar-refractivity contribution in [3.8, 4) is 0 Å². The number of hydrogen-bond acceptors (Lipinski definition) is 2. The summed E-state index contributed by atoms with van der Waals surface area (Å²) < 4.78 is 0. The minimum Gasteiger partial charge on any atom is -0.480 e. The van der Waals surface area contributed by atoms with E-state index in [0.29, 0.717) is 15.6 Å². The minimum atomic E-state index is -1.09. The van der Waals surface area contributed by atoms with Gasteiger partial charge in [-0.15, -0.1) is 0 Å². The van der Waals surface area contributed by atoms with Crippen molar-refractivity contribution in [2.75, 3.05) is 0 Å². The number of carboxylic acids is 1. The maximum absolute atomic E-state index is 10.9. The molecule has 0 aliphatic heterocycles. The first-order chi connectivity index (χ1) is 7.90. The van der Waals surface area contributed by atoms with E-state index in [-0.39, 0.29) is 6.42 Å². The van der Waals surface area contributed by atoms with Crippen LogP contribution in [0.5, 0.6) is 0 Å². The molecular weight excluding hydrogens is 265 g/mol. The van der Waals surface area contributed by atoms with Crippen LogP contribution in [0.15, 0.2) is 18.2 Å². The monoisotopic (exact) mass is 275 g/mol. The van der Waals surface area contributed by atoms with Crippen molar-refractivity contribution in [2.24, 2.45) is 0 Å². The summed E-state index contributed by atoms with van der Waals surface area (Å²) in [5, 5.41) is 12.0. The van der Waals surface area contributed by atoms with Crippen molar-refractivity contribution < 1.29 is 14.7 Å². The summed E-state index contributed by atoms with van der Waals surface area (Å²) in [6.07, 6.45) is 0.159. The molecule has 0 saturated carbocycles. The second-order valence-electron chi connectivity index (χ2n) is 3.54. The summed E-state index contributed by atoms with van der Waals surface area (Å²) in [5.41, 5.74) is 0.695. The molecule has 17 heavy (non-hydrogen) atoms. The lowest BCUT2D eigenvalue weighted by molar-refractivity contribution is -0.141. The third-order valence-electron chi connectivity index (χ3n) is 2.10. The molecule has 0 unspecified atom stereocenters. The van der Waals surface area contributed by atoms with E-state index in [2.05, 4.69) is 5.32 Å². The molecule has 0 aliphatic rings. The number of hydrogen-bond donors (Lipinski definition) is 2. The van der Waals surface area contributed by atoms with Crippen molar-refractivity contribution in [2.45, 2.75) is 19.4 Å². The number of carbonyl (C=O) groups is 2. The molecule has 4 nitrogen and oxygen atoms in total. The summed E-state index contributed by atoms with van der Waals surface area (Å²) >= 11 is 11.6. The Bertz CT molecular complexity index is 448. The van der Waals surface area contributed by atoms with Gasteiger partial charge in [0, 0.05) is 13.3 Å². The van der Waals surface area contributed by atoms with E-state index in [1.165, 1.54) is 6.92 Å². The highest BCUT2D eigenvalue weighted by atomic mass is 35.5. The molecule has 2 N–H and O–H groups in total. The SMILES string of the molecule is CC(=O)N[C@@H](Cc1ccc(Cl)c(Cl)c1)C(=O)O. The van der Waals surface area contributed by atoms with Crippen LogP contribution in [0.25, 0.3) is 0 Å². The average molecular weight is 276 g/mol. The van der Waals surface area contributed by atoms with Crippen molar-refractivity contribution in [3.63, 3.8) is 0 Å². The molecule has 1 aromatic carbocycles. The third-order valence-corrected chi connectivity index (χ3v) is 2.84. The summed E-state index contributed by atoms with van der Waals surface area (Å²) in [6, 6.07) is 3.88. The summed E-state index contributed by atoms with van der Waals surface area (Å²) in [4.78, 5) is 21.8. The quantitative estimate of drug-likeness (QED) is 0.885. The Labute approximate surface area is 109 Å². The van der Waals surface area contributed by atoms with Gasteiger partial charge in [-0.3, -0.25) is 4.79 Å². The molecule has 0 spiro atoms. The third kappa shape index (κ3) is 4.24. The molecule has 92 valence electrons. The Balaban J connectivity index is 2.82. The van der Waals surface area contributed by atoms with Gasteiger partial charge in [0.15, 0.2) is 0 Å². The maximum Gasteiger partial charge on any atom is 0.326 e. The fraction of sp³-hybridized carbons (Fsp3) is 0.273. The number of nitrogens with one attached hydrogen (secondary N) is 1. The highest BCUT2D eigenvalue weighted by Gasteiger charge is 2.19. The first kappa shape index (κ1) is 13.8. The first-order valence-corrected chi connectivity index (χ1v) is 5.59. The van der Waals surface area contributed by atoms with E-state index >= 15 is 0 Å². The van der Waals surface area contributed by atoms with Crippen LogP contribution in [0.4, 0.5) is 0 Å². The molecule has 0 heterocycles. The van der Waals surface area contributed by atoms with Gasteiger partial charge in [-0.2, -0.15) is 0 Å². The van der Waals surface area contributed by atoms with E-state index in [1.807, 2.05) is 0 Å². The van der Waals surface area contributed by atoms with Crippen LogP contribution in [-0.4, -0.2) is 23.0 Å². The summed E-state index contributed by atoms with van der Waals surface area (Å²) in [7, 11) is 0. The Morgan fingerprint density at radius 2 is 2.00 bits per heavy atom. The smallest absolute Gasteiger partial charge is 0.326 e. The molecule has 0 fully saturated rings. The second kappa shape index (κ2) is 5.89. The lowest BCUT2D eigenvalue weighted by atomic mass is 10.1. The summed E-state index contributed by atoms with van der Waals surface area (Å²) in [6.45, 7) is 1.27. The van der Waals surface area contributed by atoms with Gasteiger partial charge in [0.05, 0.1) is 10.0 Å². The fourth-order valence-corrected chi connectivity index (χ4v) is 1.67. The van der Waals surface area contributed by atoms with Gasteiger partial charge in [-0.05, 0) is 17.7 Å². The van der Waals surface area contributed by atoms with Crippen LogP contribution in [0.1, 0.15) is 12.5 Å². The highest BCUT2D eigenvalue weighted by molar-refractivity contribution is 6.42. The standard InChI is InChI=1S/C11H11Cl2NO3/c1-6(15)14-10(11(16)17)5-7-2-3-8(12)9(13)4-7/h2-4,10H,5H2,1H3,(H,14,15)(H,16,17)/t10-/m0/s1. The van der Waals surface area contributed by atoms with E-state index < -0.39 is 17.9 Å². The fourth-order valence-electron chi connectivity index (χ4n) is 1.35. The average Bonchev–Trinajstić information content (AvgIpc) is 2.21. The molecule has 1 aromatic rings. The van der Waals surface area contributed by atoms with E-state index in [1.54, 1.807) is 18.2 Å². The molecule has 0 aliphatic carbocycles. The lowest BCUT2D eigenvalue weighted by Gasteiger charge is -2.13. The minimum absolute atomic E-state index is 0.159. The van der Waals surface area contributed by atoms with E-state index in [4.69, 9.17) is 28.3 Å². The normalized spacial score (nSPS) is 11.9. The topological polar surface area (TPSA) is 66.4 Å². The van der Waals surface area contributed by atoms with Crippen LogP contribution in [0, 0.1) is 0 Å². The van der Waals surface area contributed by atoms with Crippen LogP contribution < -0.4 is 5.32 Å². The molecule has 6 heteroatoms. The van der Waals surface area contributed by atoms with Crippen molar-refractivity contribution in [1.29, 1.82) is 0 Å². The molecule has 0 saturated heterocycles. The van der Waals surface area contributed by atoms with Gasteiger partial charge in [0.2, 0.25) is 5.91 Å². The lowest BCUT2D eigenvalue weighted by Crippen LogP contribution is -2.41. The van der Waals surface area contributed by atoms with Gasteiger partial charge in [-0.25, -0.2) is 4.79 Å². The predicted octanol–water partition coefficient (Wildman–Crippen LogP) is 2.13. The molecule has 1 atom stereocenters. The van der Waals surface area contributed by atoms with Crippen molar-refractivity contribution in [1.82, 2.24) is 5.32 Å². The van der Waals surface area contributed by atoms with Crippen LogP contribution in [0.2, 0.25) is 10.0 Å². The number of amides is 1. The molecule has 1 amide bonds. The van der Waals surface area contributed by atoms with Crippen LogP contribution in [0.3, 0.4) is 0 Å². The van der Waals surface area contributed by atoms with E-state index in [9.17, 15) is 9.59 Å². The van der Waals surface area contributed by atoms with Crippen LogP contribution in [-0.2, 0) is 16.0 Å². The van der Waals surface area contributed by atoms with Gasteiger partial charge >= 0.3 is 5.97 Å². The maximum atomic E-state index is 10.9. The zero-order valence-electron chi connectivity index (χ0n) is 9.04. The highest BCUT2D eigenvalue weighted by Crippen LogP contribution is 2.23. The van der Waals surface area contributed by atoms with Gasteiger partial charge < -0.3 is 10.4 Å². The molecule has 0 radical (unpaired) electrons. The zero-order valence-corrected chi connectivity index (χ0v) is 10.5. The molecular formula is C11H11Cl2NO3. The molecule has 0 bridgehead atoms. The second-order valence-corrected chi connectivity index (χ2v) is 4.36. The predicted molar refractivity (Wildman–Crippen MR) is 65.4 cm³/mol. The van der Waals surface area contributed by atoms with Gasteiger partial charge in [0.25, 0.3) is 0 Å². The Hall–Kier alpha value is -1.26. The largest absolute Gasteiger partial charge is 0.480 e. The van der Waals surface area contributed by atoms with Crippen molar-refractivity contribution >= 4 is 35.1 Å². The number of aliphatic carboxylic acids is 1. The number of rotatable bonds is 4. The Morgan fingerprint density at radius 1 is 1.35 bits per heavy atom. The number of carbonyl (C=O) groups excluding carboxylic acids is 1. The zero-order chi connectivity index (χ0) is 13.0. The summed E-state index contributed by atoms with van der Waals surface area (Å²) in [5.74, 6) is -1.48. The number of benzene rings is 1. The Kier molecular flexibility index (Phi) is 4.78. The van der Waals surface area contributed by atoms with Gasteiger partial charge in [-0.1, -0.05) is 29.3 Å².